The Morgan fingerprint density at radius 2 is 1.86 bits per heavy atom. The van der Waals surface area contributed by atoms with E-state index in [1.807, 2.05) is 60.3 Å². The molecule has 0 bridgehead atoms. The maximum absolute atomic E-state index is 14.6. The van der Waals surface area contributed by atoms with Crippen LogP contribution in [0.4, 0.5) is 4.39 Å². The van der Waals surface area contributed by atoms with Crippen LogP contribution >= 0.6 is 0 Å². The van der Waals surface area contributed by atoms with Gasteiger partial charge < -0.3 is 9.30 Å². The molecule has 1 aliphatic heterocycles. The summed E-state index contributed by atoms with van der Waals surface area (Å²) >= 11 is 0. The highest BCUT2D eigenvalue weighted by atomic mass is 19.1. The summed E-state index contributed by atoms with van der Waals surface area (Å²) in [7, 11) is 1.97. The standard InChI is InChI=1S/C23H23FN4O/c1-27-21-9-5-4-8-20(21)26-23(27)15-29-22-14-28(13-18(22)24)12-16-10-17-6-2-3-7-19(17)25-11-16/h2-11,18,22H,12-15H2,1H3/t18-,22+/m1/s1. The lowest BCUT2D eigenvalue weighted by Crippen LogP contribution is -2.25. The molecule has 5 nitrogen and oxygen atoms in total. The molecule has 3 heterocycles. The molecule has 1 fully saturated rings. The number of imidazole rings is 1. The van der Waals surface area contributed by atoms with Gasteiger partial charge >= 0.3 is 0 Å². The summed E-state index contributed by atoms with van der Waals surface area (Å²) in [6.45, 7) is 1.92. The van der Waals surface area contributed by atoms with Crippen LogP contribution in [0.5, 0.6) is 0 Å². The molecule has 1 aliphatic rings. The largest absolute Gasteiger partial charge is 0.366 e. The van der Waals surface area contributed by atoms with E-state index in [2.05, 4.69) is 27.0 Å². The fourth-order valence-corrected chi connectivity index (χ4v) is 4.06. The van der Waals surface area contributed by atoms with Crippen molar-refractivity contribution in [2.24, 2.45) is 7.05 Å². The van der Waals surface area contributed by atoms with E-state index in [-0.39, 0.29) is 0 Å². The molecule has 4 aromatic rings. The Morgan fingerprint density at radius 1 is 1.07 bits per heavy atom. The summed E-state index contributed by atoms with van der Waals surface area (Å²) in [5, 5.41) is 1.11. The van der Waals surface area contributed by atoms with Crippen LogP contribution in [-0.2, 0) is 24.9 Å². The molecule has 0 amide bonds. The van der Waals surface area contributed by atoms with E-state index in [1.54, 1.807) is 0 Å². The van der Waals surface area contributed by atoms with Gasteiger partial charge in [-0.2, -0.15) is 0 Å². The number of aryl methyl sites for hydroxylation is 1. The lowest BCUT2D eigenvalue weighted by molar-refractivity contribution is 0.00749. The van der Waals surface area contributed by atoms with E-state index in [9.17, 15) is 4.39 Å². The number of aromatic nitrogens is 3. The van der Waals surface area contributed by atoms with Crippen LogP contribution in [0.2, 0.25) is 0 Å². The van der Waals surface area contributed by atoms with Crippen molar-refractivity contribution in [3.63, 3.8) is 0 Å². The maximum atomic E-state index is 14.6. The van der Waals surface area contributed by atoms with Gasteiger partial charge in [-0.05, 0) is 29.8 Å². The van der Waals surface area contributed by atoms with Gasteiger partial charge in [0.1, 0.15) is 24.7 Å². The van der Waals surface area contributed by atoms with Gasteiger partial charge in [-0.15, -0.1) is 0 Å². The number of hydrogen-bond donors (Lipinski definition) is 0. The molecule has 2 aromatic carbocycles. The van der Waals surface area contributed by atoms with Crippen LogP contribution in [-0.4, -0.2) is 44.8 Å². The van der Waals surface area contributed by atoms with Crippen molar-refractivity contribution in [2.75, 3.05) is 13.1 Å². The van der Waals surface area contributed by atoms with Crippen LogP contribution in [0.25, 0.3) is 21.9 Å². The zero-order chi connectivity index (χ0) is 19.8. The molecule has 148 valence electrons. The first-order valence-electron chi connectivity index (χ1n) is 9.89. The minimum atomic E-state index is -1.00. The molecule has 0 saturated carbocycles. The Morgan fingerprint density at radius 3 is 2.72 bits per heavy atom. The van der Waals surface area contributed by atoms with Crippen molar-refractivity contribution in [1.82, 2.24) is 19.4 Å². The van der Waals surface area contributed by atoms with Crippen LogP contribution < -0.4 is 0 Å². The third-order valence-electron chi connectivity index (χ3n) is 5.63. The Kier molecular flexibility index (Phi) is 4.73. The van der Waals surface area contributed by atoms with E-state index >= 15 is 0 Å². The van der Waals surface area contributed by atoms with Crippen molar-refractivity contribution in [3.05, 3.63) is 72.2 Å². The predicted molar refractivity (Wildman–Crippen MR) is 111 cm³/mol. The third kappa shape index (κ3) is 3.61. The topological polar surface area (TPSA) is 43.2 Å². The number of rotatable bonds is 5. The predicted octanol–water partition coefficient (Wildman–Crippen LogP) is 3.86. The Labute approximate surface area is 168 Å². The molecule has 0 unspecified atom stereocenters. The van der Waals surface area contributed by atoms with Crippen molar-refractivity contribution in [3.8, 4) is 0 Å². The van der Waals surface area contributed by atoms with Gasteiger partial charge in [0, 0.05) is 38.3 Å². The molecular weight excluding hydrogens is 367 g/mol. The van der Waals surface area contributed by atoms with Crippen molar-refractivity contribution in [2.45, 2.75) is 25.4 Å². The van der Waals surface area contributed by atoms with Gasteiger partial charge in [0.05, 0.1) is 16.6 Å². The molecular formula is C23H23FN4O. The van der Waals surface area contributed by atoms with Gasteiger partial charge in [-0.25, -0.2) is 9.37 Å². The van der Waals surface area contributed by atoms with Crippen LogP contribution in [0, 0.1) is 0 Å². The van der Waals surface area contributed by atoms with Crippen molar-refractivity contribution in [1.29, 1.82) is 0 Å². The number of para-hydroxylation sites is 3. The summed E-state index contributed by atoms with van der Waals surface area (Å²) in [6.07, 6.45) is 0.435. The average molecular weight is 390 g/mol. The highest BCUT2D eigenvalue weighted by Crippen LogP contribution is 2.22. The highest BCUT2D eigenvalue weighted by Gasteiger charge is 2.34. The van der Waals surface area contributed by atoms with E-state index in [4.69, 9.17) is 4.74 Å². The van der Waals surface area contributed by atoms with E-state index in [1.165, 1.54) is 0 Å². The molecule has 6 heteroatoms. The molecule has 5 rings (SSSR count). The quantitative estimate of drug-likeness (QED) is 0.519. The van der Waals surface area contributed by atoms with E-state index < -0.39 is 12.3 Å². The second kappa shape index (κ2) is 7.54. The molecule has 2 aromatic heterocycles. The zero-order valence-electron chi connectivity index (χ0n) is 16.3. The number of pyridine rings is 1. The number of nitrogens with zero attached hydrogens (tertiary/aromatic N) is 4. The summed E-state index contributed by atoms with van der Waals surface area (Å²) in [5.74, 6) is 0.815. The summed E-state index contributed by atoms with van der Waals surface area (Å²) < 4.78 is 22.5. The monoisotopic (exact) mass is 390 g/mol. The van der Waals surface area contributed by atoms with E-state index in [0.717, 1.165) is 33.3 Å². The number of likely N-dealkylation sites (tertiary alicyclic amines) is 1. The Balaban J connectivity index is 1.23. The number of benzene rings is 2. The third-order valence-corrected chi connectivity index (χ3v) is 5.63. The molecule has 0 aliphatic carbocycles. The van der Waals surface area contributed by atoms with Crippen molar-refractivity contribution < 1.29 is 9.13 Å². The van der Waals surface area contributed by atoms with Crippen LogP contribution in [0.1, 0.15) is 11.4 Å². The molecule has 0 radical (unpaired) electrons. The van der Waals surface area contributed by atoms with Gasteiger partial charge in [0.2, 0.25) is 0 Å². The zero-order valence-corrected chi connectivity index (χ0v) is 16.3. The Bertz CT molecular complexity index is 1160. The van der Waals surface area contributed by atoms with Gasteiger partial charge in [0.25, 0.3) is 0 Å². The second-order valence-electron chi connectivity index (χ2n) is 7.67. The van der Waals surface area contributed by atoms with Gasteiger partial charge in [-0.3, -0.25) is 9.88 Å². The number of halogens is 1. The Hall–Kier alpha value is -2.83. The number of ether oxygens (including phenoxy) is 1. The van der Waals surface area contributed by atoms with Crippen molar-refractivity contribution >= 4 is 21.9 Å². The first-order valence-corrected chi connectivity index (χ1v) is 9.89. The number of alkyl halides is 1. The minimum absolute atomic E-state index is 0.307. The van der Waals surface area contributed by atoms with E-state index in [0.29, 0.717) is 26.2 Å². The fraction of sp³-hybridized carbons (Fsp3) is 0.304. The first kappa shape index (κ1) is 18.2. The molecule has 2 atom stereocenters. The van der Waals surface area contributed by atoms with Crippen LogP contribution in [0.3, 0.4) is 0 Å². The first-order chi connectivity index (χ1) is 14.2. The maximum Gasteiger partial charge on any atom is 0.140 e. The molecule has 0 spiro atoms. The lowest BCUT2D eigenvalue weighted by Gasteiger charge is -2.16. The van der Waals surface area contributed by atoms with Crippen LogP contribution in [0.15, 0.2) is 60.8 Å². The molecule has 1 saturated heterocycles. The number of fused-ring (bicyclic) bond motifs is 2. The van der Waals surface area contributed by atoms with Gasteiger partial charge in [-0.1, -0.05) is 30.3 Å². The molecule has 29 heavy (non-hydrogen) atoms. The number of hydrogen-bond acceptors (Lipinski definition) is 4. The SMILES string of the molecule is Cn1c(CO[C@H]2CN(Cc3cnc4ccccc4c3)C[C@H]2F)nc2ccccc21. The normalized spacial score (nSPS) is 20.1. The van der Waals surface area contributed by atoms with Gasteiger partial charge in [0.15, 0.2) is 0 Å². The second-order valence-corrected chi connectivity index (χ2v) is 7.67. The smallest absolute Gasteiger partial charge is 0.140 e. The lowest BCUT2D eigenvalue weighted by atomic mass is 10.1. The summed E-state index contributed by atoms with van der Waals surface area (Å²) in [4.78, 5) is 11.2. The minimum Gasteiger partial charge on any atom is -0.366 e. The summed E-state index contributed by atoms with van der Waals surface area (Å²) in [5.41, 5.74) is 4.05. The highest BCUT2D eigenvalue weighted by molar-refractivity contribution is 5.78. The summed E-state index contributed by atoms with van der Waals surface area (Å²) in [6, 6.07) is 18.1. The molecule has 0 N–H and O–H groups in total. The fourth-order valence-electron chi connectivity index (χ4n) is 4.06. The average Bonchev–Trinajstić information content (AvgIpc) is 3.25.